The van der Waals surface area contributed by atoms with Crippen molar-refractivity contribution in [3.05, 3.63) is 41.7 Å². The molecular formula is C14H16FN5O. The van der Waals surface area contributed by atoms with Crippen molar-refractivity contribution in [3.8, 4) is 0 Å². The van der Waals surface area contributed by atoms with Crippen LogP contribution in [0.1, 0.15) is 17.8 Å². The number of hydrogen-bond acceptors (Lipinski definition) is 3. The second-order valence-corrected chi connectivity index (χ2v) is 5.21. The molecule has 0 bridgehead atoms. The molecule has 1 atom stereocenters. The van der Waals surface area contributed by atoms with Crippen molar-refractivity contribution in [2.75, 3.05) is 5.32 Å². The molecule has 21 heavy (non-hydrogen) atoms. The number of benzene rings is 1. The maximum absolute atomic E-state index is 13.3. The lowest BCUT2D eigenvalue weighted by molar-refractivity contribution is 0.243. The quantitative estimate of drug-likeness (QED) is 0.886. The summed E-state index contributed by atoms with van der Waals surface area (Å²) < 4.78 is 15.1. The zero-order valence-electron chi connectivity index (χ0n) is 11.6. The fourth-order valence-corrected chi connectivity index (χ4v) is 2.52. The summed E-state index contributed by atoms with van der Waals surface area (Å²) in [6, 6.07) is 4.08. The Balaban J connectivity index is 1.60. The van der Waals surface area contributed by atoms with Crippen LogP contribution >= 0.6 is 0 Å². The van der Waals surface area contributed by atoms with Gasteiger partial charge in [0.1, 0.15) is 18.0 Å². The molecule has 1 aromatic carbocycles. The van der Waals surface area contributed by atoms with Gasteiger partial charge in [0.25, 0.3) is 0 Å². The fraction of sp³-hybridized carbons (Fsp3) is 0.357. The van der Waals surface area contributed by atoms with E-state index in [1.165, 1.54) is 18.5 Å². The third-order valence-corrected chi connectivity index (χ3v) is 3.44. The summed E-state index contributed by atoms with van der Waals surface area (Å²) in [5.74, 6) is 0.574. The minimum absolute atomic E-state index is 0.00569. The molecule has 110 valence electrons. The molecular weight excluding hydrogens is 273 g/mol. The number of carbonyl (C=O) groups excluding carboxylic acids is 1. The lowest BCUT2D eigenvalue weighted by atomic mass is 10.1. The van der Waals surface area contributed by atoms with E-state index in [0.29, 0.717) is 12.2 Å². The zero-order valence-corrected chi connectivity index (χ0v) is 11.6. The Bertz CT molecular complexity index is 649. The molecule has 2 N–H and O–H groups in total. The van der Waals surface area contributed by atoms with Gasteiger partial charge in [-0.3, -0.25) is 0 Å². The van der Waals surface area contributed by atoms with Crippen LogP contribution in [0.3, 0.4) is 0 Å². The smallest absolute Gasteiger partial charge is 0.319 e. The summed E-state index contributed by atoms with van der Waals surface area (Å²) in [5, 5.41) is 9.63. The number of nitrogens with zero attached hydrogens (tertiary/aromatic N) is 3. The van der Waals surface area contributed by atoms with Gasteiger partial charge in [-0.1, -0.05) is 0 Å². The summed E-state index contributed by atoms with van der Waals surface area (Å²) in [4.78, 5) is 16.1. The molecule has 2 aromatic rings. The number of hydrogen-bond donors (Lipinski definition) is 2. The van der Waals surface area contributed by atoms with Gasteiger partial charge in [0.15, 0.2) is 0 Å². The molecule has 0 aliphatic carbocycles. The molecule has 2 amide bonds. The van der Waals surface area contributed by atoms with E-state index in [9.17, 15) is 9.18 Å². The van der Waals surface area contributed by atoms with E-state index >= 15 is 0 Å². The third-order valence-electron chi connectivity index (χ3n) is 3.44. The number of aromatic nitrogens is 3. The van der Waals surface area contributed by atoms with E-state index in [2.05, 4.69) is 20.7 Å². The zero-order chi connectivity index (χ0) is 14.8. The van der Waals surface area contributed by atoms with Gasteiger partial charge in [-0.05, 0) is 37.1 Å². The van der Waals surface area contributed by atoms with Crippen LogP contribution in [0.15, 0.2) is 24.5 Å². The molecule has 6 nitrogen and oxygen atoms in total. The van der Waals surface area contributed by atoms with Gasteiger partial charge in [0.2, 0.25) is 0 Å². The van der Waals surface area contributed by atoms with Crippen LogP contribution in [0.25, 0.3) is 0 Å². The van der Waals surface area contributed by atoms with Crippen LogP contribution in [0.2, 0.25) is 0 Å². The van der Waals surface area contributed by atoms with Crippen LogP contribution in [-0.2, 0) is 13.0 Å². The first-order chi connectivity index (χ1) is 10.1. The minimum Gasteiger partial charge on any atom is -0.333 e. The molecule has 0 saturated heterocycles. The van der Waals surface area contributed by atoms with Gasteiger partial charge < -0.3 is 10.6 Å². The monoisotopic (exact) mass is 289 g/mol. The molecule has 1 aromatic heterocycles. The van der Waals surface area contributed by atoms with Crippen molar-refractivity contribution < 1.29 is 9.18 Å². The number of carbonyl (C=O) groups is 1. The predicted octanol–water partition coefficient (Wildman–Crippen LogP) is 1.86. The minimum atomic E-state index is -0.366. The number of urea groups is 1. The van der Waals surface area contributed by atoms with Crippen LogP contribution in [0, 0.1) is 12.7 Å². The van der Waals surface area contributed by atoms with Crippen molar-refractivity contribution in [1.82, 2.24) is 20.1 Å². The fourth-order valence-electron chi connectivity index (χ4n) is 2.52. The van der Waals surface area contributed by atoms with Crippen LogP contribution in [-0.4, -0.2) is 26.8 Å². The van der Waals surface area contributed by atoms with E-state index in [1.807, 2.05) is 0 Å². The first-order valence-electron chi connectivity index (χ1n) is 6.81. The van der Waals surface area contributed by atoms with Gasteiger partial charge >= 0.3 is 6.03 Å². The second kappa shape index (κ2) is 5.51. The van der Waals surface area contributed by atoms with Crippen molar-refractivity contribution in [2.24, 2.45) is 0 Å². The van der Waals surface area contributed by atoms with Gasteiger partial charge in [0, 0.05) is 12.1 Å². The highest BCUT2D eigenvalue weighted by molar-refractivity contribution is 5.89. The molecule has 0 fully saturated rings. The number of aryl methyl sites for hydroxylation is 2. The Labute approximate surface area is 121 Å². The largest absolute Gasteiger partial charge is 0.333 e. The van der Waals surface area contributed by atoms with Crippen molar-refractivity contribution >= 4 is 11.7 Å². The summed E-state index contributed by atoms with van der Waals surface area (Å²) in [6.07, 6.45) is 3.12. The number of fused-ring (bicyclic) bond motifs is 1. The molecule has 0 radical (unpaired) electrons. The normalized spacial score (nSPS) is 17.1. The molecule has 1 unspecified atom stereocenters. The maximum atomic E-state index is 13.3. The number of amides is 2. The maximum Gasteiger partial charge on any atom is 0.319 e. The van der Waals surface area contributed by atoms with E-state index in [4.69, 9.17) is 0 Å². The van der Waals surface area contributed by atoms with Crippen LogP contribution in [0.4, 0.5) is 14.9 Å². The number of anilines is 1. The Hall–Kier alpha value is -2.44. The van der Waals surface area contributed by atoms with Gasteiger partial charge in [-0.25, -0.2) is 18.9 Å². The Morgan fingerprint density at radius 3 is 3.10 bits per heavy atom. The first kappa shape index (κ1) is 13.5. The first-order valence-corrected chi connectivity index (χ1v) is 6.81. The Kier molecular flexibility index (Phi) is 3.55. The molecule has 3 rings (SSSR count). The van der Waals surface area contributed by atoms with Crippen molar-refractivity contribution in [3.63, 3.8) is 0 Å². The lowest BCUT2D eigenvalue weighted by Crippen LogP contribution is -2.43. The highest BCUT2D eigenvalue weighted by atomic mass is 19.1. The van der Waals surface area contributed by atoms with E-state index in [1.54, 1.807) is 17.7 Å². The topological polar surface area (TPSA) is 71.8 Å². The highest BCUT2D eigenvalue weighted by Gasteiger charge is 2.21. The third kappa shape index (κ3) is 3.18. The standard InChI is InChI=1S/C14H16FN5O/c1-9-4-10(15)6-12(5-9)19-14(21)18-11-2-3-13-16-8-17-20(13)7-11/h4-6,8,11H,2-3,7H2,1H3,(H2,18,19,21). The SMILES string of the molecule is Cc1cc(F)cc(NC(=O)NC2CCc3ncnn3C2)c1. The van der Waals surface area contributed by atoms with E-state index in [-0.39, 0.29) is 17.9 Å². The second-order valence-electron chi connectivity index (χ2n) is 5.21. The summed E-state index contributed by atoms with van der Waals surface area (Å²) in [5.41, 5.74) is 1.21. The molecule has 0 spiro atoms. The summed E-state index contributed by atoms with van der Waals surface area (Å²) in [7, 11) is 0. The molecule has 7 heteroatoms. The molecule has 1 aliphatic rings. The molecule has 1 aliphatic heterocycles. The predicted molar refractivity (Wildman–Crippen MR) is 75.4 cm³/mol. The van der Waals surface area contributed by atoms with Gasteiger partial charge in [-0.2, -0.15) is 5.10 Å². The van der Waals surface area contributed by atoms with Crippen molar-refractivity contribution in [1.29, 1.82) is 0 Å². The van der Waals surface area contributed by atoms with Gasteiger partial charge in [0.05, 0.1) is 12.6 Å². The van der Waals surface area contributed by atoms with Crippen molar-refractivity contribution in [2.45, 2.75) is 32.4 Å². The van der Waals surface area contributed by atoms with E-state index in [0.717, 1.165) is 24.2 Å². The summed E-state index contributed by atoms with van der Waals surface area (Å²) >= 11 is 0. The van der Waals surface area contributed by atoms with Crippen LogP contribution < -0.4 is 10.6 Å². The molecule has 2 heterocycles. The van der Waals surface area contributed by atoms with Crippen LogP contribution in [0.5, 0.6) is 0 Å². The van der Waals surface area contributed by atoms with E-state index < -0.39 is 0 Å². The van der Waals surface area contributed by atoms with Gasteiger partial charge in [-0.15, -0.1) is 0 Å². The number of rotatable bonds is 2. The lowest BCUT2D eigenvalue weighted by Gasteiger charge is -2.23. The number of halogens is 1. The Morgan fingerprint density at radius 1 is 1.43 bits per heavy atom. The summed E-state index contributed by atoms with van der Waals surface area (Å²) in [6.45, 7) is 2.38. The number of nitrogens with one attached hydrogen (secondary N) is 2. The average molecular weight is 289 g/mol. The average Bonchev–Trinajstić information content (AvgIpc) is 2.84. The Morgan fingerprint density at radius 2 is 2.29 bits per heavy atom. The molecule has 0 saturated carbocycles. The highest BCUT2D eigenvalue weighted by Crippen LogP contribution is 2.14.